The van der Waals surface area contributed by atoms with E-state index in [-0.39, 0.29) is 6.61 Å². The summed E-state index contributed by atoms with van der Waals surface area (Å²) in [5.74, 6) is 0.154. The van der Waals surface area contributed by atoms with E-state index in [2.05, 4.69) is 9.72 Å². The number of nitrogens with zero attached hydrogens (tertiary/aromatic N) is 1. The van der Waals surface area contributed by atoms with Crippen molar-refractivity contribution >= 4 is 5.97 Å². The summed E-state index contributed by atoms with van der Waals surface area (Å²) in [5, 5.41) is 0. The minimum atomic E-state index is -0.404. The molecule has 0 saturated heterocycles. The molecule has 0 aliphatic carbocycles. The van der Waals surface area contributed by atoms with E-state index in [1.807, 2.05) is 0 Å². The van der Waals surface area contributed by atoms with Gasteiger partial charge in [0, 0.05) is 6.20 Å². The summed E-state index contributed by atoms with van der Waals surface area (Å²) in [6.07, 6.45) is 3.16. The molecule has 0 aliphatic heterocycles. The molecule has 1 aromatic rings. The molecule has 12 heavy (non-hydrogen) atoms. The van der Waals surface area contributed by atoms with Crippen LogP contribution in [0, 0.1) is 0 Å². The summed E-state index contributed by atoms with van der Waals surface area (Å²) in [6, 6.07) is 3.45. The Labute approximate surface area is 70.1 Å². The number of carbonyl (C=O) groups is 1. The van der Waals surface area contributed by atoms with Crippen molar-refractivity contribution < 1.29 is 14.3 Å². The highest BCUT2D eigenvalue weighted by molar-refractivity contribution is 5.70. The third-order valence-corrected chi connectivity index (χ3v) is 1.22. The molecular weight excluding hydrogens is 158 g/mol. The van der Waals surface area contributed by atoms with Gasteiger partial charge in [-0.05, 0) is 12.1 Å². The lowest BCUT2D eigenvalue weighted by Gasteiger charge is -2.02. The first kappa shape index (κ1) is 8.52. The maximum Gasteiger partial charge on any atom is 0.343 e. The number of esters is 1. The number of pyridine rings is 1. The second kappa shape index (κ2) is 4.33. The van der Waals surface area contributed by atoms with E-state index in [1.165, 1.54) is 13.3 Å². The number of hydrogen-bond acceptors (Lipinski definition) is 4. The lowest BCUT2D eigenvalue weighted by Crippen LogP contribution is -2.12. The van der Waals surface area contributed by atoms with Crippen LogP contribution in [-0.4, -0.2) is 24.7 Å². The summed E-state index contributed by atoms with van der Waals surface area (Å²) in [7, 11) is 1.31. The predicted molar refractivity (Wildman–Crippen MR) is 41.7 cm³/mol. The van der Waals surface area contributed by atoms with Crippen LogP contribution in [-0.2, 0) is 9.53 Å². The van der Waals surface area contributed by atoms with Crippen molar-refractivity contribution in [1.82, 2.24) is 4.98 Å². The molecule has 0 amide bonds. The molecule has 4 heteroatoms. The number of hydrogen-bond donors (Lipinski definition) is 0. The Hall–Kier alpha value is -1.58. The van der Waals surface area contributed by atoms with Gasteiger partial charge in [0.25, 0.3) is 0 Å². The zero-order valence-corrected chi connectivity index (χ0v) is 6.69. The third kappa shape index (κ3) is 2.57. The van der Waals surface area contributed by atoms with Gasteiger partial charge >= 0.3 is 5.97 Å². The number of aromatic nitrogens is 1. The van der Waals surface area contributed by atoms with Crippen molar-refractivity contribution in [1.29, 1.82) is 0 Å². The second-order valence-corrected chi connectivity index (χ2v) is 2.05. The van der Waals surface area contributed by atoms with E-state index in [4.69, 9.17) is 4.74 Å². The average Bonchev–Trinajstić information content (AvgIpc) is 2.16. The molecule has 1 heterocycles. The van der Waals surface area contributed by atoms with E-state index in [0.29, 0.717) is 5.75 Å². The number of methoxy groups -OCH3 is 1. The fraction of sp³-hybridized carbons (Fsp3) is 0.250. The van der Waals surface area contributed by atoms with E-state index in [0.717, 1.165) is 0 Å². The highest BCUT2D eigenvalue weighted by atomic mass is 16.6. The minimum absolute atomic E-state index is 0.0812. The van der Waals surface area contributed by atoms with Gasteiger partial charge in [-0.3, -0.25) is 4.98 Å². The van der Waals surface area contributed by atoms with Crippen LogP contribution in [0.3, 0.4) is 0 Å². The molecule has 0 spiro atoms. The van der Waals surface area contributed by atoms with Crippen LogP contribution in [0.15, 0.2) is 24.5 Å². The Balaban J connectivity index is 2.38. The van der Waals surface area contributed by atoms with Crippen molar-refractivity contribution in [3.05, 3.63) is 24.5 Å². The highest BCUT2D eigenvalue weighted by Gasteiger charge is 2.00. The van der Waals surface area contributed by atoms with Crippen molar-refractivity contribution in [2.75, 3.05) is 13.7 Å². The largest absolute Gasteiger partial charge is 0.480 e. The lowest BCUT2D eigenvalue weighted by atomic mass is 10.5. The van der Waals surface area contributed by atoms with Crippen LogP contribution in [0.5, 0.6) is 5.75 Å². The molecule has 0 atom stereocenters. The first-order valence-electron chi connectivity index (χ1n) is 3.42. The van der Waals surface area contributed by atoms with Crippen LogP contribution in [0.2, 0.25) is 0 Å². The first-order valence-corrected chi connectivity index (χ1v) is 3.42. The third-order valence-electron chi connectivity index (χ3n) is 1.22. The van der Waals surface area contributed by atoms with Gasteiger partial charge in [-0.25, -0.2) is 4.79 Å². The van der Waals surface area contributed by atoms with Crippen LogP contribution < -0.4 is 4.74 Å². The number of rotatable bonds is 3. The first-order chi connectivity index (χ1) is 5.83. The minimum Gasteiger partial charge on any atom is -0.480 e. The lowest BCUT2D eigenvalue weighted by molar-refractivity contribution is -0.142. The maximum absolute atomic E-state index is 10.6. The van der Waals surface area contributed by atoms with E-state index in [9.17, 15) is 4.79 Å². The second-order valence-electron chi connectivity index (χ2n) is 2.05. The fourth-order valence-corrected chi connectivity index (χ4v) is 0.634. The van der Waals surface area contributed by atoms with E-state index < -0.39 is 5.97 Å². The van der Waals surface area contributed by atoms with Gasteiger partial charge in [-0.2, -0.15) is 0 Å². The molecule has 0 aliphatic rings. The Morgan fingerprint density at radius 1 is 1.67 bits per heavy atom. The van der Waals surface area contributed by atoms with Crippen molar-refractivity contribution in [2.24, 2.45) is 0 Å². The highest BCUT2D eigenvalue weighted by Crippen LogP contribution is 2.05. The molecule has 64 valence electrons. The van der Waals surface area contributed by atoms with Gasteiger partial charge in [0.15, 0.2) is 6.61 Å². The summed E-state index contributed by atoms with van der Waals surface area (Å²) in [4.78, 5) is 14.4. The Morgan fingerprint density at radius 3 is 3.08 bits per heavy atom. The maximum atomic E-state index is 10.6. The smallest absolute Gasteiger partial charge is 0.343 e. The zero-order chi connectivity index (χ0) is 8.81. The van der Waals surface area contributed by atoms with Gasteiger partial charge in [0.2, 0.25) is 0 Å². The Bertz CT molecular complexity index is 248. The molecule has 0 saturated carbocycles. The standard InChI is InChI=1S/C8H9NO3/c1-11-8(10)6-12-7-3-2-4-9-5-7/h2-5H,6H2,1H3. The molecular formula is C8H9NO3. The van der Waals surface area contributed by atoms with Crippen LogP contribution in [0.25, 0.3) is 0 Å². The molecule has 0 aromatic carbocycles. The zero-order valence-electron chi connectivity index (χ0n) is 6.69. The van der Waals surface area contributed by atoms with Crippen LogP contribution in [0.4, 0.5) is 0 Å². The molecule has 4 nitrogen and oxygen atoms in total. The van der Waals surface area contributed by atoms with Crippen LogP contribution in [0.1, 0.15) is 0 Å². The molecule has 0 N–H and O–H groups in total. The Morgan fingerprint density at radius 2 is 2.50 bits per heavy atom. The normalized spacial score (nSPS) is 9.08. The summed E-state index contributed by atoms with van der Waals surface area (Å²) in [6.45, 7) is -0.0812. The Kier molecular flexibility index (Phi) is 3.07. The van der Waals surface area contributed by atoms with Gasteiger partial charge in [-0.15, -0.1) is 0 Å². The van der Waals surface area contributed by atoms with Crippen LogP contribution >= 0.6 is 0 Å². The summed E-state index contributed by atoms with van der Waals surface area (Å²) < 4.78 is 9.41. The van der Waals surface area contributed by atoms with Gasteiger partial charge in [0.1, 0.15) is 5.75 Å². The SMILES string of the molecule is COC(=O)COc1cccnc1. The summed E-state index contributed by atoms with van der Waals surface area (Å²) >= 11 is 0. The predicted octanol–water partition coefficient (Wildman–Crippen LogP) is 0.633. The summed E-state index contributed by atoms with van der Waals surface area (Å²) in [5.41, 5.74) is 0. The van der Waals surface area contributed by atoms with Gasteiger partial charge < -0.3 is 9.47 Å². The van der Waals surface area contributed by atoms with Crippen molar-refractivity contribution in [2.45, 2.75) is 0 Å². The van der Waals surface area contributed by atoms with E-state index >= 15 is 0 Å². The van der Waals surface area contributed by atoms with Gasteiger partial charge in [-0.1, -0.05) is 0 Å². The quantitative estimate of drug-likeness (QED) is 0.619. The fourth-order valence-electron chi connectivity index (χ4n) is 0.634. The molecule has 0 unspecified atom stereocenters. The molecule has 1 rings (SSSR count). The molecule has 1 aromatic heterocycles. The van der Waals surface area contributed by atoms with Gasteiger partial charge in [0.05, 0.1) is 13.3 Å². The average molecular weight is 167 g/mol. The van der Waals surface area contributed by atoms with E-state index in [1.54, 1.807) is 18.3 Å². The van der Waals surface area contributed by atoms with Crippen molar-refractivity contribution in [3.63, 3.8) is 0 Å². The molecule has 0 bridgehead atoms. The number of carbonyl (C=O) groups excluding carboxylic acids is 1. The molecule has 0 fully saturated rings. The topological polar surface area (TPSA) is 48.4 Å². The monoisotopic (exact) mass is 167 g/mol. The van der Waals surface area contributed by atoms with Crippen molar-refractivity contribution in [3.8, 4) is 5.75 Å². The number of ether oxygens (including phenoxy) is 2. The molecule has 0 radical (unpaired) electrons.